The molecule has 0 saturated heterocycles. The Kier molecular flexibility index (Phi) is 4.06. The van der Waals surface area contributed by atoms with Crippen molar-refractivity contribution >= 4 is 17.4 Å². The van der Waals surface area contributed by atoms with Crippen LogP contribution in [0.5, 0.6) is 0 Å². The summed E-state index contributed by atoms with van der Waals surface area (Å²) in [4.78, 5) is 8.44. The lowest BCUT2D eigenvalue weighted by Gasteiger charge is -2.10. The van der Waals surface area contributed by atoms with Gasteiger partial charge in [-0.3, -0.25) is 4.98 Å². The molecule has 8 heteroatoms. The maximum atomic E-state index is 6.14. The third-order valence-electron chi connectivity index (χ3n) is 4.02. The molecule has 7 nitrogen and oxygen atoms in total. The molecule has 0 unspecified atom stereocenters. The molecule has 3 heterocycles. The number of aromatic nitrogens is 6. The van der Waals surface area contributed by atoms with Crippen LogP contribution in [-0.2, 0) is 0 Å². The average molecular weight is 364 g/mol. The molecular weight excluding hydrogens is 350 g/mol. The van der Waals surface area contributed by atoms with Crippen molar-refractivity contribution in [3.05, 3.63) is 65.6 Å². The number of pyridine rings is 2. The fourth-order valence-corrected chi connectivity index (χ4v) is 2.84. The van der Waals surface area contributed by atoms with E-state index in [9.17, 15) is 0 Å². The van der Waals surface area contributed by atoms with Crippen LogP contribution in [0.25, 0.3) is 28.2 Å². The molecule has 26 heavy (non-hydrogen) atoms. The van der Waals surface area contributed by atoms with E-state index in [4.69, 9.17) is 17.3 Å². The summed E-state index contributed by atoms with van der Waals surface area (Å²) in [6.07, 6.45) is 5.19. The smallest absolute Gasteiger partial charge is 0.190 e. The molecule has 3 aromatic heterocycles. The molecule has 0 fully saturated rings. The highest BCUT2D eigenvalue weighted by Crippen LogP contribution is 2.30. The van der Waals surface area contributed by atoms with Crippen LogP contribution in [0.15, 0.2) is 55.0 Å². The Balaban J connectivity index is 1.88. The first-order chi connectivity index (χ1) is 12.6. The SMILES string of the molecule is Cc1ccc(Cl)cc1-n1nnnc1-c1cc(-c2cccnc2)cnc1N. The number of anilines is 1. The van der Waals surface area contributed by atoms with E-state index >= 15 is 0 Å². The Morgan fingerprint density at radius 2 is 1.96 bits per heavy atom. The number of halogens is 1. The number of hydrogen-bond acceptors (Lipinski definition) is 6. The zero-order chi connectivity index (χ0) is 18.1. The molecule has 1 aromatic carbocycles. The number of tetrazole rings is 1. The van der Waals surface area contributed by atoms with E-state index in [2.05, 4.69) is 25.5 Å². The summed E-state index contributed by atoms with van der Waals surface area (Å²) >= 11 is 6.14. The third kappa shape index (κ3) is 2.89. The average Bonchev–Trinajstić information content (AvgIpc) is 3.14. The van der Waals surface area contributed by atoms with E-state index < -0.39 is 0 Å². The second-order valence-corrected chi connectivity index (χ2v) is 6.18. The predicted octanol–water partition coefficient (Wildman–Crippen LogP) is 3.33. The lowest BCUT2D eigenvalue weighted by Crippen LogP contribution is -2.04. The maximum absolute atomic E-state index is 6.14. The van der Waals surface area contributed by atoms with Gasteiger partial charge in [-0.1, -0.05) is 23.7 Å². The van der Waals surface area contributed by atoms with E-state index in [1.807, 2.05) is 43.3 Å². The molecule has 128 valence electrons. The Bertz CT molecular complexity index is 1080. The van der Waals surface area contributed by atoms with Gasteiger partial charge in [0.1, 0.15) is 5.82 Å². The summed E-state index contributed by atoms with van der Waals surface area (Å²) < 4.78 is 1.61. The van der Waals surface area contributed by atoms with Gasteiger partial charge in [-0.2, -0.15) is 4.68 Å². The Morgan fingerprint density at radius 3 is 2.77 bits per heavy atom. The van der Waals surface area contributed by atoms with Gasteiger partial charge in [0.05, 0.1) is 11.3 Å². The van der Waals surface area contributed by atoms with E-state index in [0.29, 0.717) is 22.2 Å². The van der Waals surface area contributed by atoms with Crippen LogP contribution in [0.1, 0.15) is 5.56 Å². The number of nitrogens with zero attached hydrogens (tertiary/aromatic N) is 6. The monoisotopic (exact) mass is 363 g/mol. The highest BCUT2D eigenvalue weighted by atomic mass is 35.5. The molecular formula is C18H14ClN7. The molecule has 0 spiro atoms. The molecule has 0 saturated carbocycles. The predicted molar refractivity (Wildman–Crippen MR) is 99.8 cm³/mol. The maximum Gasteiger partial charge on any atom is 0.190 e. The Labute approximate surface area is 154 Å². The van der Waals surface area contributed by atoms with Crippen LogP contribution in [0.2, 0.25) is 5.02 Å². The number of aryl methyl sites for hydroxylation is 1. The highest BCUT2D eigenvalue weighted by molar-refractivity contribution is 6.30. The minimum atomic E-state index is 0.341. The third-order valence-corrected chi connectivity index (χ3v) is 4.26. The number of benzene rings is 1. The van der Waals surface area contributed by atoms with Crippen molar-refractivity contribution in [3.63, 3.8) is 0 Å². The van der Waals surface area contributed by atoms with E-state index in [1.54, 1.807) is 23.3 Å². The lowest BCUT2D eigenvalue weighted by molar-refractivity contribution is 0.787. The standard InChI is InChI=1S/C18H14ClN7/c1-11-4-5-14(19)8-16(11)26-18(23-24-25-26)15-7-13(10-22-17(15)20)12-3-2-6-21-9-12/h2-10H,1H3,(H2,20,22). The first-order valence-corrected chi connectivity index (χ1v) is 8.22. The van der Waals surface area contributed by atoms with Gasteiger partial charge >= 0.3 is 0 Å². The zero-order valence-electron chi connectivity index (χ0n) is 13.8. The molecule has 2 N–H and O–H groups in total. The second-order valence-electron chi connectivity index (χ2n) is 5.74. The van der Waals surface area contributed by atoms with Crippen LogP contribution < -0.4 is 5.73 Å². The van der Waals surface area contributed by atoms with Crippen molar-refractivity contribution < 1.29 is 0 Å². The molecule has 0 aliphatic carbocycles. The first kappa shape index (κ1) is 16.2. The van der Waals surface area contributed by atoms with Gasteiger partial charge in [-0.15, -0.1) is 5.10 Å². The Morgan fingerprint density at radius 1 is 1.08 bits per heavy atom. The van der Waals surface area contributed by atoms with E-state index in [0.717, 1.165) is 22.4 Å². The van der Waals surface area contributed by atoms with E-state index in [-0.39, 0.29) is 0 Å². The quantitative estimate of drug-likeness (QED) is 0.599. The van der Waals surface area contributed by atoms with Crippen molar-refractivity contribution in [2.45, 2.75) is 6.92 Å². The van der Waals surface area contributed by atoms with Gasteiger partial charge in [0.15, 0.2) is 5.82 Å². The minimum Gasteiger partial charge on any atom is -0.383 e. The second kappa shape index (κ2) is 6.53. The normalized spacial score (nSPS) is 10.8. The topological polar surface area (TPSA) is 95.4 Å². The van der Waals surface area contributed by atoms with Crippen molar-refractivity contribution in [2.75, 3.05) is 5.73 Å². The fraction of sp³-hybridized carbons (Fsp3) is 0.0556. The minimum absolute atomic E-state index is 0.341. The van der Waals surface area contributed by atoms with Crippen molar-refractivity contribution in [3.8, 4) is 28.2 Å². The van der Waals surface area contributed by atoms with Gasteiger partial charge in [0.25, 0.3) is 0 Å². The number of nitrogen functional groups attached to an aromatic ring is 1. The fourth-order valence-electron chi connectivity index (χ4n) is 2.67. The van der Waals surface area contributed by atoms with Gasteiger partial charge in [0.2, 0.25) is 0 Å². The zero-order valence-corrected chi connectivity index (χ0v) is 14.6. The lowest BCUT2D eigenvalue weighted by atomic mass is 10.1. The van der Waals surface area contributed by atoms with Gasteiger partial charge in [-0.05, 0) is 47.2 Å². The number of nitrogens with two attached hydrogens (primary N) is 1. The summed E-state index contributed by atoms with van der Waals surface area (Å²) in [5.74, 6) is 0.833. The molecule has 0 atom stereocenters. The van der Waals surface area contributed by atoms with E-state index in [1.165, 1.54) is 0 Å². The van der Waals surface area contributed by atoms with Crippen LogP contribution in [-0.4, -0.2) is 30.2 Å². The first-order valence-electron chi connectivity index (χ1n) is 7.84. The van der Waals surface area contributed by atoms with Gasteiger partial charge in [0, 0.05) is 34.7 Å². The summed E-state index contributed by atoms with van der Waals surface area (Å²) in [5.41, 5.74) is 10.3. The van der Waals surface area contributed by atoms with Gasteiger partial charge in [-0.25, -0.2) is 4.98 Å². The largest absolute Gasteiger partial charge is 0.383 e. The van der Waals surface area contributed by atoms with Crippen molar-refractivity contribution in [2.24, 2.45) is 0 Å². The number of hydrogen-bond donors (Lipinski definition) is 1. The summed E-state index contributed by atoms with van der Waals surface area (Å²) in [5, 5.41) is 12.7. The molecule has 0 amide bonds. The molecule has 0 bridgehead atoms. The molecule has 4 aromatic rings. The molecule has 0 radical (unpaired) electrons. The van der Waals surface area contributed by atoms with Crippen molar-refractivity contribution in [1.29, 1.82) is 0 Å². The van der Waals surface area contributed by atoms with Gasteiger partial charge < -0.3 is 5.73 Å². The summed E-state index contributed by atoms with van der Waals surface area (Å²) in [6.45, 7) is 1.96. The molecule has 4 rings (SSSR count). The van der Waals surface area contributed by atoms with Crippen LogP contribution in [0.3, 0.4) is 0 Å². The highest BCUT2D eigenvalue weighted by Gasteiger charge is 2.17. The Hall–Kier alpha value is -3.32. The molecule has 0 aliphatic rings. The van der Waals surface area contributed by atoms with Crippen LogP contribution >= 0.6 is 11.6 Å². The molecule has 0 aliphatic heterocycles. The summed E-state index contributed by atoms with van der Waals surface area (Å²) in [6, 6.07) is 11.3. The van der Waals surface area contributed by atoms with Crippen LogP contribution in [0.4, 0.5) is 5.82 Å². The van der Waals surface area contributed by atoms with Crippen molar-refractivity contribution in [1.82, 2.24) is 30.2 Å². The number of rotatable bonds is 3. The summed E-state index contributed by atoms with van der Waals surface area (Å²) in [7, 11) is 0. The van der Waals surface area contributed by atoms with Crippen LogP contribution in [0, 0.1) is 6.92 Å².